The van der Waals surface area contributed by atoms with Gasteiger partial charge < -0.3 is 4.90 Å². The van der Waals surface area contributed by atoms with Crippen molar-refractivity contribution in [2.24, 2.45) is 0 Å². The molecule has 0 bridgehead atoms. The molecule has 4 aromatic rings. The van der Waals surface area contributed by atoms with Crippen molar-refractivity contribution in [3.63, 3.8) is 0 Å². The predicted molar refractivity (Wildman–Crippen MR) is 121 cm³/mol. The van der Waals surface area contributed by atoms with Gasteiger partial charge in [-0.1, -0.05) is 18.2 Å². The minimum atomic E-state index is -0.0925. The van der Waals surface area contributed by atoms with Crippen LogP contribution < -0.4 is 5.56 Å². The van der Waals surface area contributed by atoms with Crippen LogP contribution in [0.15, 0.2) is 58.3 Å². The van der Waals surface area contributed by atoms with Crippen LogP contribution in [0.3, 0.4) is 0 Å². The molecule has 4 heterocycles. The summed E-state index contributed by atoms with van der Waals surface area (Å²) >= 11 is 3.45. The number of hydrogen-bond donors (Lipinski definition) is 0. The lowest BCUT2D eigenvalue weighted by Crippen LogP contribution is -2.40. The number of thiophene rings is 2. The number of nitrogens with zero attached hydrogens (tertiary/aromatic N) is 3. The zero-order chi connectivity index (χ0) is 20.7. The number of aromatic nitrogens is 2. The van der Waals surface area contributed by atoms with Crippen LogP contribution in [-0.2, 0) is 17.8 Å². The Balaban J connectivity index is 1.40. The Hall–Kier alpha value is -2.77. The first-order valence-electron chi connectivity index (χ1n) is 9.97. The molecule has 0 saturated heterocycles. The van der Waals surface area contributed by atoms with E-state index in [1.807, 2.05) is 30.0 Å². The maximum absolute atomic E-state index is 13.2. The number of benzene rings is 1. The van der Waals surface area contributed by atoms with E-state index < -0.39 is 0 Å². The van der Waals surface area contributed by atoms with Crippen LogP contribution in [0.1, 0.15) is 33.3 Å². The first-order valence-corrected chi connectivity index (χ1v) is 11.7. The monoisotopic (exact) mass is 435 g/mol. The molecule has 0 aliphatic carbocycles. The molecule has 152 valence electrons. The number of carbonyl (C=O) groups is 1. The summed E-state index contributed by atoms with van der Waals surface area (Å²) < 4.78 is 1.56. The predicted octanol–water partition coefficient (Wildman–Crippen LogP) is 4.39. The van der Waals surface area contributed by atoms with E-state index >= 15 is 0 Å². The molecule has 0 fully saturated rings. The molecular weight excluding hydrogens is 414 g/mol. The molecule has 1 aliphatic heterocycles. The summed E-state index contributed by atoms with van der Waals surface area (Å²) in [5.74, 6) is 0.0708. The van der Waals surface area contributed by atoms with E-state index in [2.05, 4.69) is 27.9 Å². The molecule has 1 aliphatic rings. The minimum Gasteiger partial charge on any atom is -0.330 e. The molecule has 7 heteroatoms. The lowest BCUT2D eigenvalue weighted by atomic mass is 9.98. The van der Waals surface area contributed by atoms with Crippen molar-refractivity contribution in [3.8, 4) is 0 Å². The molecule has 0 spiro atoms. The van der Waals surface area contributed by atoms with E-state index in [-0.39, 0.29) is 23.9 Å². The standard InChI is InChI=1S/C23H21N3O2S2/c1-15-4-2-5-17-21(15)24-14-25(23(17)28)10-8-20(27)26-11-7-18-16(9-13-30-18)22(26)19-6-3-12-29-19/h2-6,9,12-14,22H,7-8,10-11H2,1H3. The van der Waals surface area contributed by atoms with Crippen molar-refractivity contribution in [1.29, 1.82) is 0 Å². The van der Waals surface area contributed by atoms with Gasteiger partial charge in [0, 0.05) is 29.3 Å². The lowest BCUT2D eigenvalue weighted by molar-refractivity contribution is -0.133. The van der Waals surface area contributed by atoms with Gasteiger partial charge in [-0.2, -0.15) is 0 Å². The van der Waals surface area contributed by atoms with Crippen molar-refractivity contribution < 1.29 is 4.79 Å². The number of amides is 1. The SMILES string of the molecule is Cc1cccc2c(=O)n(CCC(=O)N3CCc4sccc4C3c3cccs3)cnc12. The summed E-state index contributed by atoms with van der Waals surface area (Å²) in [6.07, 6.45) is 2.73. The van der Waals surface area contributed by atoms with E-state index in [0.29, 0.717) is 18.5 Å². The minimum absolute atomic E-state index is 0.0263. The van der Waals surface area contributed by atoms with E-state index in [0.717, 1.165) is 17.5 Å². The van der Waals surface area contributed by atoms with Gasteiger partial charge in [-0.15, -0.1) is 22.7 Å². The van der Waals surface area contributed by atoms with Crippen molar-refractivity contribution >= 4 is 39.5 Å². The molecule has 3 aromatic heterocycles. The van der Waals surface area contributed by atoms with Crippen LogP contribution in [0, 0.1) is 6.92 Å². The Morgan fingerprint density at radius 2 is 2.07 bits per heavy atom. The van der Waals surface area contributed by atoms with Gasteiger partial charge in [0.15, 0.2) is 0 Å². The Morgan fingerprint density at radius 3 is 2.90 bits per heavy atom. The van der Waals surface area contributed by atoms with Crippen molar-refractivity contribution in [2.45, 2.75) is 32.4 Å². The fourth-order valence-corrected chi connectivity index (χ4v) is 5.95. The summed E-state index contributed by atoms with van der Waals surface area (Å²) in [5.41, 5.74) is 2.85. The molecule has 1 unspecified atom stereocenters. The third kappa shape index (κ3) is 3.28. The summed E-state index contributed by atoms with van der Waals surface area (Å²) in [6, 6.07) is 11.9. The number of aryl methyl sites for hydroxylation is 2. The molecule has 30 heavy (non-hydrogen) atoms. The van der Waals surface area contributed by atoms with Gasteiger partial charge in [0.05, 0.1) is 23.3 Å². The molecule has 0 saturated carbocycles. The van der Waals surface area contributed by atoms with Crippen LogP contribution in [0.5, 0.6) is 0 Å². The average Bonchev–Trinajstić information content (AvgIpc) is 3.45. The number of carbonyl (C=O) groups excluding carboxylic acids is 1. The second-order valence-electron chi connectivity index (χ2n) is 7.52. The van der Waals surface area contributed by atoms with Crippen molar-refractivity contribution in [3.05, 3.63) is 84.7 Å². The highest BCUT2D eigenvalue weighted by atomic mass is 32.1. The largest absolute Gasteiger partial charge is 0.330 e. The van der Waals surface area contributed by atoms with Crippen molar-refractivity contribution in [2.75, 3.05) is 6.54 Å². The van der Waals surface area contributed by atoms with Gasteiger partial charge in [0.1, 0.15) is 0 Å². The van der Waals surface area contributed by atoms with Crippen LogP contribution in [-0.4, -0.2) is 26.9 Å². The fraction of sp³-hybridized carbons (Fsp3) is 0.261. The maximum Gasteiger partial charge on any atom is 0.261 e. The third-order valence-corrected chi connectivity index (χ3v) is 7.64. The van der Waals surface area contributed by atoms with Crippen LogP contribution >= 0.6 is 22.7 Å². The first-order chi connectivity index (χ1) is 14.6. The molecule has 0 N–H and O–H groups in total. The number of para-hydroxylation sites is 1. The van der Waals surface area contributed by atoms with Crippen LogP contribution in [0.25, 0.3) is 10.9 Å². The van der Waals surface area contributed by atoms with E-state index in [4.69, 9.17) is 0 Å². The maximum atomic E-state index is 13.2. The van der Waals surface area contributed by atoms with E-state index in [1.165, 1.54) is 15.3 Å². The molecule has 5 rings (SSSR count). The second kappa shape index (κ2) is 7.81. The van der Waals surface area contributed by atoms with Gasteiger partial charge in [0.25, 0.3) is 5.56 Å². The topological polar surface area (TPSA) is 55.2 Å². The summed E-state index contributed by atoms with van der Waals surface area (Å²) in [4.78, 5) is 35.1. The quantitative estimate of drug-likeness (QED) is 0.478. The highest BCUT2D eigenvalue weighted by molar-refractivity contribution is 7.10. The lowest BCUT2D eigenvalue weighted by Gasteiger charge is -2.35. The fourth-order valence-electron chi connectivity index (χ4n) is 4.20. The first kappa shape index (κ1) is 19.2. The number of hydrogen-bond acceptors (Lipinski definition) is 5. The highest BCUT2D eigenvalue weighted by Crippen LogP contribution is 2.39. The zero-order valence-electron chi connectivity index (χ0n) is 16.6. The average molecular weight is 436 g/mol. The molecule has 1 amide bonds. The molecule has 1 aromatic carbocycles. The van der Waals surface area contributed by atoms with Gasteiger partial charge in [0.2, 0.25) is 5.91 Å². The van der Waals surface area contributed by atoms with Gasteiger partial charge in [-0.3, -0.25) is 14.2 Å². The van der Waals surface area contributed by atoms with Gasteiger partial charge >= 0.3 is 0 Å². The van der Waals surface area contributed by atoms with Crippen LogP contribution in [0.2, 0.25) is 0 Å². The van der Waals surface area contributed by atoms with Gasteiger partial charge in [-0.25, -0.2) is 4.98 Å². The highest BCUT2D eigenvalue weighted by Gasteiger charge is 2.33. The smallest absolute Gasteiger partial charge is 0.261 e. The summed E-state index contributed by atoms with van der Waals surface area (Å²) in [5, 5.41) is 4.77. The molecule has 5 nitrogen and oxygen atoms in total. The second-order valence-corrected chi connectivity index (χ2v) is 9.50. The Bertz CT molecular complexity index is 1270. The zero-order valence-corrected chi connectivity index (χ0v) is 18.2. The normalized spacial score (nSPS) is 16.0. The summed E-state index contributed by atoms with van der Waals surface area (Å²) in [7, 11) is 0. The van der Waals surface area contributed by atoms with Crippen LogP contribution in [0.4, 0.5) is 0 Å². The van der Waals surface area contributed by atoms with Gasteiger partial charge in [-0.05, 0) is 53.4 Å². The van der Waals surface area contributed by atoms with E-state index in [9.17, 15) is 9.59 Å². The molecule has 0 radical (unpaired) electrons. The number of fused-ring (bicyclic) bond motifs is 2. The van der Waals surface area contributed by atoms with Crippen molar-refractivity contribution in [1.82, 2.24) is 14.5 Å². The number of rotatable bonds is 4. The summed E-state index contributed by atoms with van der Waals surface area (Å²) in [6.45, 7) is 2.99. The Kier molecular flexibility index (Phi) is 5.00. The molecular formula is C23H21N3O2S2. The third-order valence-electron chi connectivity index (χ3n) is 5.72. The molecule has 1 atom stereocenters. The van der Waals surface area contributed by atoms with E-state index in [1.54, 1.807) is 39.6 Å². The Morgan fingerprint density at radius 1 is 1.17 bits per heavy atom. The Labute approximate surface area is 182 Å².